The molecule has 154 valence electrons. The van der Waals surface area contributed by atoms with Gasteiger partial charge in [-0.2, -0.15) is 14.6 Å². The number of hydrogen-bond acceptors (Lipinski definition) is 7. The Hall–Kier alpha value is -2.41. The molecule has 0 bridgehead atoms. The first-order chi connectivity index (χ1) is 14.0. The quantitative estimate of drug-likeness (QED) is 0.755. The Kier molecular flexibility index (Phi) is 5.58. The minimum absolute atomic E-state index is 0.259. The highest BCUT2D eigenvalue weighted by molar-refractivity contribution is 7.89. The van der Waals surface area contributed by atoms with Crippen molar-refractivity contribution in [1.29, 1.82) is 5.26 Å². The predicted octanol–water partition coefficient (Wildman–Crippen LogP) is 2.14. The first-order valence-electron chi connectivity index (χ1n) is 9.94. The van der Waals surface area contributed by atoms with Crippen molar-refractivity contribution in [3.63, 3.8) is 0 Å². The average molecular weight is 416 g/mol. The Morgan fingerprint density at radius 3 is 2.28 bits per heavy atom. The SMILES string of the molecule is CN1CCN(c2oc(-c3ccc(S(=O)(=O)N4CCCCC4)cc3)nc2C#N)CC1. The van der Waals surface area contributed by atoms with Gasteiger partial charge in [-0.25, -0.2) is 8.42 Å². The summed E-state index contributed by atoms with van der Waals surface area (Å²) in [5.41, 5.74) is 0.911. The van der Waals surface area contributed by atoms with Crippen LogP contribution in [0.3, 0.4) is 0 Å². The van der Waals surface area contributed by atoms with Crippen LogP contribution in [0.2, 0.25) is 0 Å². The molecular weight excluding hydrogens is 390 g/mol. The molecule has 0 N–H and O–H groups in total. The molecule has 29 heavy (non-hydrogen) atoms. The van der Waals surface area contributed by atoms with E-state index in [0.717, 1.165) is 45.4 Å². The number of oxazole rings is 1. The Morgan fingerprint density at radius 2 is 1.66 bits per heavy atom. The van der Waals surface area contributed by atoms with Crippen LogP contribution in [0.5, 0.6) is 0 Å². The second kappa shape index (κ2) is 8.14. The highest BCUT2D eigenvalue weighted by Crippen LogP contribution is 2.30. The van der Waals surface area contributed by atoms with Crippen LogP contribution in [-0.4, -0.2) is 68.9 Å². The molecule has 9 heteroatoms. The highest BCUT2D eigenvalue weighted by Gasteiger charge is 2.27. The number of piperidine rings is 1. The van der Waals surface area contributed by atoms with Gasteiger partial charge in [0.15, 0.2) is 0 Å². The van der Waals surface area contributed by atoms with Gasteiger partial charge in [0.05, 0.1) is 4.90 Å². The number of nitriles is 1. The topological polar surface area (TPSA) is 93.7 Å². The summed E-state index contributed by atoms with van der Waals surface area (Å²) in [5.74, 6) is 0.818. The van der Waals surface area contributed by atoms with Crippen LogP contribution in [0.15, 0.2) is 33.6 Å². The molecule has 4 rings (SSSR count). The zero-order chi connectivity index (χ0) is 20.4. The van der Waals surface area contributed by atoms with E-state index in [1.54, 1.807) is 28.6 Å². The van der Waals surface area contributed by atoms with E-state index in [2.05, 4.69) is 23.0 Å². The third kappa shape index (κ3) is 4.01. The van der Waals surface area contributed by atoms with Crippen molar-refractivity contribution >= 4 is 15.9 Å². The van der Waals surface area contributed by atoms with E-state index in [0.29, 0.717) is 30.4 Å². The van der Waals surface area contributed by atoms with Crippen molar-refractivity contribution in [3.05, 3.63) is 30.0 Å². The van der Waals surface area contributed by atoms with E-state index in [1.807, 2.05) is 4.90 Å². The fourth-order valence-corrected chi connectivity index (χ4v) is 5.27. The number of anilines is 1. The van der Waals surface area contributed by atoms with Crippen molar-refractivity contribution in [2.24, 2.45) is 0 Å². The number of rotatable bonds is 4. The lowest BCUT2D eigenvalue weighted by Gasteiger charge is -2.31. The number of benzene rings is 1. The molecule has 0 aliphatic carbocycles. The minimum atomic E-state index is -3.47. The second-order valence-corrected chi connectivity index (χ2v) is 9.50. The van der Waals surface area contributed by atoms with Gasteiger partial charge >= 0.3 is 0 Å². The summed E-state index contributed by atoms with van der Waals surface area (Å²) in [5, 5.41) is 9.46. The molecule has 1 aromatic heterocycles. The molecule has 8 nitrogen and oxygen atoms in total. The van der Waals surface area contributed by atoms with Gasteiger partial charge in [0, 0.05) is 44.8 Å². The summed E-state index contributed by atoms with van der Waals surface area (Å²) in [6.07, 6.45) is 2.88. The largest absolute Gasteiger partial charge is 0.419 e. The summed E-state index contributed by atoms with van der Waals surface area (Å²) in [7, 11) is -1.41. The van der Waals surface area contributed by atoms with Gasteiger partial charge in [-0.05, 0) is 44.2 Å². The van der Waals surface area contributed by atoms with E-state index < -0.39 is 10.0 Å². The zero-order valence-corrected chi connectivity index (χ0v) is 17.4. The molecule has 0 amide bonds. The fourth-order valence-electron chi connectivity index (χ4n) is 3.76. The second-order valence-electron chi connectivity index (χ2n) is 7.56. The van der Waals surface area contributed by atoms with Gasteiger partial charge in [-0.3, -0.25) is 0 Å². The maximum atomic E-state index is 12.8. The monoisotopic (exact) mass is 415 g/mol. The molecule has 3 heterocycles. The standard InChI is InChI=1S/C20H25N5O3S/c1-23-11-13-24(14-12-23)20-18(15-21)22-19(28-20)16-5-7-17(8-6-16)29(26,27)25-9-3-2-4-10-25/h5-8H,2-4,9-14H2,1H3. The maximum absolute atomic E-state index is 12.8. The van der Waals surface area contributed by atoms with Gasteiger partial charge in [0.1, 0.15) is 6.07 Å². The first kappa shape index (κ1) is 19.9. The smallest absolute Gasteiger partial charge is 0.243 e. The molecular formula is C20H25N5O3S. The van der Waals surface area contributed by atoms with Crippen LogP contribution >= 0.6 is 0 Å². The number of hydrogen-bond donors (Lipinski definition) is 0. The zero-order valence-electron chi connectivity index (χ0n) is 16.5. The molecule has 2 aromatic rings. The van der Waals surface area contributed by atoms with Crippen LogP contribution in [0.1, 0.15) is 25.0 Å². The van der Waals surface area contributed by atoms with Crippen molar-refractivity contribution in [2.75, 3.05) is 51.2 Å². The molecule has 0 atom stereocenters. The molecule has 0 spiro atoms. The summed E-state index contributed by atoms with van der Waals surface area (Å²) >= 11 is 0. The molecule has 2 aliphatic rings. The van der Waals surface area contributed by atoms with Crippen LogP contribution < -0.4 is 4.90 Å². The Labute approximate surface area is 171 Å². The summed E-state index contributed by atoms with van der Waals surface area (Å²) in [6, 6.07) is 8.67. The molecule has 1 aromatic carbocycles. The van der Waals surface area contributed by atoms with Gasteiger partial charge in [-0.15, -0.1) is 0 Å². The highest BCUT2D eigenvalue weighted by atomic mass is 32.2. The lowest BCUT2D eigenvalue weighted by molar-refractivity contribution is 0.306. The molecule has 0 saturated carbocycles. The number of likely N-dealkylation sites (N-methyl/N-ethyl adjacent to an activating group) is 1. The normalized spacial score (nSPS) is 19.2. The van der Waals surface area contributed by atoms with Gasteiger partial charge in [0.25, 0.3) is 0 Å². The van der Waals surface area contributed by atoms with Crippen molar-refractivity contribution < 1.29 is 12.8 Å². The average Bonchev–Trinajstić information content (AvgIpc) is 3.19. The molecule has 2 aliphatic heterocycles. The predicted molar refractivity (Wildman–Crippen MR) is 109 cm³/mol. The van der Waals surface area contributed by atoms with Crippen LogP contribution in [-0.2, 0) is 10.0 Å². The number of nitrogens with zero attached hydrogens (tertiary/aromatic N) is 5. The first-order valence-corrected chi connectivity index (χ1v) is 11.4. The number of piperazine rings is 1. The van der Waals surface area contributed by atoms with E-state index in [4.69, 9.17) is 4.42 Å². The van der Waals surface area contributed by atoms with Crippen LogP contribution in [0.4, 0.5) is 5.88 Å². The van der Waals surface area contributed by atoms with Gasteiger partial charge in [-0.1, -0.05) is 6.42 Å². The van der Waals surface area contributed by atoms with Crippen molar-refractivity contribution in [3.8, 4) is 17.5 Å². The maximum Gasteiger partial charge on any atom is 0.243 e. The van der Waals surface area contributed by atoms with Crippen molar-refractivity contribution in [1.82, 2.24) is 14.2 Å². The third-order valence-electron chi connectivity index (χ3n) is 5.56. The molecule has 2 fully saturated rings. The fraction of sp³-hybridized carbons (Fsp3) is 0.500. The molecule has 2 saturated heterocycles. The van der Waals surface area contributed by atoms with Crippen LogP contribution in [0, 0.1) is 11.3 Å². The Morgan fingerprint density at radius 1 is 1.00 bits per heavy atom. The lowest BCUT2D eigenvalue weighted by Crippen LogP contribution is -2.44. The van der Waals surface area contributed by atoms with E-state index in [9.17, 15) is 13.7 Å². The molecule has 0 unspecified atom stereocenters. The van der Waals surface area contributed by atoms with Gasteiger partial charge in [0.2, 0.25) is 27.5 Å². The summed E-state index contributed by atoms with van der Waals surface area (Å²) in [4.78, 5) is 8.86. The van der Waals surface area contributed by atoms with Gasteiger partial charge < -0.3 is 14.2 Å². The minimum Gasteiger partial charge on any atom is -0.419 e. The molecule has 0 radical (unpaired) electrons. The van der Waals surface area contributed by atoms with Crippen molar-refractivity contribution in [2.45, 2.75) is 24.2 Å². The Bertz CT molecular complexity index is 996. The number of sulfonamides is 1. The van der Waals surface area contributed by atoms with Crippen LogP contribution in [0.25, 0.3) is 11.5 Å². The van der Waals surface area contributed by atoms with E-state index >= 15 is 0 Å². The van der Waals surface area contributed by atoms with E-state index in [-0.39, 0.29) is 10.6 Å². The summed E-state index contributed by atoms with van der Waals surface area (Å²) < 4.78 is 33.1. The third-order valence-corrected chi connectivity index (χ3v) is 7.47. The Balaban J connectivity index is 1.57. The summed E-state index contributed by atoms with van der Waals surface area (Å²) in [6.45, 7) is 4.47. The van der Waals surface area contributed by atoms with E-state index in [1.165, 1.54) is 0 Å². The number of aromatic nitrogens is 1. The lowest BCUT2D eigenvalue weighted by atomic mass is 10.2.